The second-order valence-corrected chi connectivity index (χ2v) is 2.92. The molecule has 0 bridgehead atoms. The van der Waals surface area contributed by atoms with Crippen LogP contribution in [-0.2, 0) is 4.74 Å². The van der Waals surface area contributed by atoms with Crippen molar-refractivity contribution in [2.45, 2.75) is 32.3 Å². The molecule has 1 aliphatic rings. The summed E-state index contributed by atoms with van der Waals surface area (Å²) in [7, 11) is 0. The van der Waals surface area contributed by atoms with E-state index in [1.165, 1.54) is 6.42 Å². The van der Waals surface area contributed by atoms with Gasteiger partial charge in [0.2, 0.25) is 0 Å². The lowest BCUT2D eigenvalue weighted by Crippen LogP contribution is -2.24. The molecule has 0 aliphatic heterocycles. The van der Waals surface area contributed by atoms with Gasteiger partial charge in [-0.3, -0.25) is 0 Å². The highest BCUT2D eigenvalue weighted by molar-refractivity contribution is 4.68. The number of alkyl halides is 2. The Labute approximate surface area is 59.4 Å². The summed E-state index contributed by atoms with van der Waals surface area (Å²) in [6.07, 6.45) is 0.338. The Kier molecular flexibility index (Phi) is 2.24. The summed E-state index contributed by atoms with van der Waals surface area (Å²) in [5, 5.41) is 0. The minimum absolute atomic E-state index is 0.226. The highest BCUT2D eigenvalue weighted by atomic mass is 19.3. The van der Waals surface area contributed by atoms with E-state index in [2.05, 4.69) is 4.74 Å². The van der Waals surface area contributed by atoms with Crippen molar-refractivity contribution in [2.24, 2.45) is 5.92 Å². The van der Waals surface area contributed by atoms with Gasteiger partial charge in [0.1, 0.15) is 0 Å². The zero-order valence-electron chi connectivity index (χ0n) is 6.07. The number of hydrogen-bond donors (Lipinski definition) is 0. The molecule has 0 N–H and O–H groups in total. The summed E-state index contributed by atoms with van der Waals surface area (Å²) in [5.74, 6) is 0.394. The van der Waals surface area contributed by atoms with Gasteiger partial charge in [-0.15, -0.1) is 0 Å². The highest BCUT2D eigenvalue weighted by Crippen LogP contribution is 2.28. The first-order valence-electron chi connectivity index (χ1n) is 3.60. The molecular weight excluding hydrogens is 138 g/mol. The first-order chi connectivity index (χ1) is 4.58. The van der Waals surface area contributed by atoms with Crippen molar-refractivity contribution in [1.82, 2.24) is 0 Å². The van der Waals surface area contributed by atoms with E-state index < -0.39 is 6.11 Å². The van der Waals surface area contributed by atoms with E-state index in [1.54, 1.807) is 0 Å². The zero-order chi connectivity index (χ0) is 7.61. The molecule has 0 aromatic heterocycles. The predicted molar refractivity (Wildman–Crippen MR) is 33.9 cm³/mol. The quantitative estimate of drug-likeness (QED) is 0.600. The Hall–Kier alpha value is -0.180. The van der Waals surface area contributed by atoms with E-state index in [1.807, 2.05) is 0 Å². The molecular formula is C7H12F2O. The van der Waals surface area contributed by atoms with Crippen LogP contribution in [-0.4, -0.2) is 12.7 Å². The summed E-state index contributed by atoms with van der Waals surface area (Å²) >= 11 is 0. The van der Waals surface area contributed by atoms with Crippen LogP contribution in [0.1, 0.15) is 26.2 Å². The third kappa shape index (κ3) is 2.60. The lowest BCUT2D eigenvalue weighted by Gasteiger charge is -2.26. The van der Waals surface area contributed by atoms with Crippen LogP contribution in [0, 0.1) is 5.92 Å². The largest absolute Gasteiger partial charge is 0.352 e. The lowest BCUT2D eigenvalue weighted by molar-refractivity contribution is -0.233. The van der Waals surface area contributed by atoms with E-state index in [0.717, 1.165) is 19.8 Å². The molecule has 0 heterocycles. The molecule has 3 heteroatoms. The van der Waals surface area contributed by atoms with Crippen LogP contribution in [0.4, 0.5) is 8.78 Å². The van der Waals surface area contributed by atoms with Gasteiger partial charge in [0, 0.05) is 6.92 Å². The topological polar surface area (TPSA) is 9.23 Å². The second-order valence-electron chi connectivity index (χ2n) is 2.92. The smallest absolute Gasteiger partial charge is 0.320 e. The Bertz CT molecular complexity index is 105. The molecule has 1 fully saturated rings. The maximum atomic E-state index is 12.0. The normalized spacial score (nSPS) is 20.7. The second kappa shape index (κ2) is 2.82. The Morgan fingerprint density at radius 2 is 2.10 bits per heavy atom. The monoisotopic (exact) mass is 150 g/mol. The van der Waals surface area contributed by atoms with Gasteiger partial charge in [-0.1, -0.05) is 6.42 Å². The third-order valence-electron chi connectivity index (χ3n) is 1.80. The average molecular weight is 150 g/mol. The molecule has 0 spiro atoms. The maximum absolute atomic E-state index is 12.0. The van der Waals surface area contributed by atoms with Crippen LogP contribution >= 0.6 is 0 Å². The van der Waals surface area contributed by atoms with Crippen molar-refractivity contribution >= 4 is 0 Å². The van der Waals surface area contributed by atoms with E-state index >= 15 is 0 Å². The van der Waals surface area contributed by atoms with Crippen molar-refractivity contribution < 1.29 is 13.5 Å². The van der Waals surface area contributed by atoms with Crippen LogP contribution < -0.4 is 0 Å². The number of halogens is 2. The van der Waals surface area contributed by atoms with Gasteiger partial charge < -0.3 is 4.74 Å². The van der Waals surface area contributed by atoms with Crippen LogP contribution in [0.25, 0.3) is 0 Å². The maximum Gasteiger partial charge on any atom is 0.352 e. The van der Waals surface area contributed by atoms with Crippen LogP contribution in [0.5, 0.6) is 0 Å². The molecule has 0 saturated heterocycles. The summed E-state index contributed by atoms with van der Waals surface area (Å²) in [6, 6.07) is 0. The fraction of sp³-hybridized carbons (Fsp3) is 1.00. The molecule has 10 heavy (non-hydrogen) atoms. The molecule has 0 atom stereocenters. The fourth-order valence-electron chi connectivity index (χ4n) is 0.924. The first kappa shape index (κ1) is 7.92. The van der Waals surface area contributed by atoms with E-state index in [0.29, 0.717) is 5.92 Å². The van der Waals surface area contributed by atoms with Gasteiger partial charge in [-0.25, -0.2) is 0 Å². The van der Waals surface area contributed by atoms with Crippen LogP contribution in [0.3, 0.4) is 0 Å². The Morgan fingerprint density at radius 1 is 1.50 bits per heavy atom. The van der Waals surface area contributed by atoms with Crippen molar-refractivity contribution in [2.75, 3.05) is 6.61 Å². The number of ether oxygens (including phenoxy) is 1. The molecule has 0 aromatic rings. The fourth-order valence-corrected chi connectivity index (χ4v) is 0.924. The van der Waals surface area contributed by atoms with Crippen molar-refractivity contribution in [3.63, 3.8) is 0 Å². The standard InChI is InChI=1S/C7H12F2O/c1-7(8,9)10-5-6-3-2-4-6/h6H,2-5H2,1H3. The molecule has 0 radical (unpaired) electrons. The predicted octanol–water partition coefficient (Wildman–Crippen LogP) is 2.42. The SMILES string of the molecule is CC(F)(F)OCC1CCC1. The molecule has 0 unspecified atom stereocenters. The molecule has 0 aromatic carbocycles. The van der Waals surface area contributed by atoms with Gasteiger partial charge in [0.05, 0.1) is 6.61 Å². The lowest BCUT2D eigenvalue weighted by atomic mass is 9.86. The molecule has 1 aliphatic carbocycles. The van der Waals surface area contributed by atoms with E-state index in [-0.39, 0.29) is 6.61 Å². The molecule has 1 saturated carbocycles. The average Bonchev–Trinajstić information content (AvgIpc) is 1.56. The zero-order valence-corrected chi connectivity index (χ0v) is 6.07. The van der Waals surface area contributed by atoms with Crippen LogP contribution in [0.2, 0.25) is 0 Å². The van der Waals surface area contributed by atoms with E-state index in [9.17, 15) is 8.78 Å². The van der Waals surface area contributed by atoms with Gasteiger partial charge >= 0.3 is 6.11 Å². The molecule has 1 rings (SSSR count). The number of hydrogen-bond acceptors (Lipinski definition) is 1. The van der Waals surface area contributed by atoms with Gasteiger partial charge in [-0.2, -0.15) is 8.78 Å². The first-order valence-corrected chi connectivity index (χ1v) is 3.60. The van der Waals surface area contributed by atoms with Gasteiger partial charge in [0.25, 0.3) is 0 Å². The summed E-state index contributed by atoms with van der Waals surface area (Å²) < 4.78 is 28.3. The van der Waals surface area contributed by atoms with Crippen molar-refractivity contribution in [3.05, 3.63) is 0 Å². The Balaban J connectivity index is 2.04. The molecule has 60 valence electrons. The minimum Gasteiger partial charge on any atom is -0.320 e. The molecule has 0 amide bonds. The third-order valence-corrected chi connectivity index (χ3v) is 1.80. The van der Waals surface area contributed by atoms with Crippen molar-refractivity contribution in [3.8, 4) is 0 Å². The van der Waals surface area contributed by atoms with Gasteiger partial charge in [-0.05, 0) is 18.8 Å². The summed E-state index contributed by atoms with van der Waals surface area (Å²) in [5.41, 5.74) is 0. The van der Waals surface area contributed by atoms with E-state index in [4.69, 9.17) is 0 Å². The highest BCUT2D eigenvalue weighted by Gasteiger charge is 2.26. The van der Waals surface area contributed by atoms with Crippen molar-refractivity contribution in [1.29, 1.82) is 0 Å². The van der Waals surface area contributed by atoms with Crippen LogP contribution in [0.15, 0.2) is 0 Å². The Morgan fingerprint density at radius 3 is 2.40 bits per heavy atom. The summed E-state index contributed by atoms with van der Waals surface area (Å²) in [6.45, 7) is 1.01. The summed E-state index contributed by atoms with van der Waals surface area (Å²) in [4.78, 5) is 0. The van der Waals surface area contributed by atoms with Gasteiger partial charge in [0.15, 0.2) is 0 Å². The number of rotatable bonds is 3. The minimum atomic E-state index is -2.93. The molecule has 1 nitrogen and oxygen atoms in total.